The van der Waals surface area contributed by atoms with Crippen molar-refractivity contribution in [3.8, 4) is 0 Å². The molecule has 0 bridgehead atoms. The first kappa shape index (κ1) is 76.2. The van der Waals surface area contributed by atoms with E-state index in [1.54, 1.807) is 0 Å². The minimum Gasteiger partial charge on any atom is -0.462 e. The molecule has 10 heteroatoms. The standard InChI is InChI=1S/C69H124NO8P/c1-3-5-7-9-11-13-15-17-19-21-23-24-25-26-27-28-29-30-31-32-33-34-35-36-37-38-39-40-41-42-44-45-47-49-51-53-55-57-59-61-68(71)75-65-67(66-77-79(73,74)76-64-63-70)78-69(72)62-60-58-56-54-52-50-48-46-43-22-20-18-16-14-12-10-8-6-4-2/h6,8,12,14-15,17-18,20-21,23,43,46,50,52,67H,3-5,7,9-11,13,16,19,22,24-42,44-45,47-49,51,53-66,70H2,1-2H3,(H,73,74)/b8-6-,14-12-,17-15-,20-18-,23-21-,46-43-,52-50-. The molecule has 0 saturated heterocycles. The maximum absolute atomic E-state index is 12.7. The molecule has 0 aromatic carbocycles. The van der Waals surface area contributed by atoms with E-state index in [2.05, 4.69) is 98.9 Å². The number of allylic oxidation sites excluding steroid dienone is 14. The number of ether oxygens (including phenoxy) is 2. The molecule has 3 N–H and O–H groups in total. The summed E-state index contributed by atoms with van der Waals surface area (Å²) in [7, 11) is -4.40. The highest BCUT2D eigenvalue weighted by molar-refractivity contribution is 7.47. The van der Waals surface area contributed by atoms with Crippen molar-refractivity contribution in [2.75, 3.05) is 26.4 Å². The molecule has 0 amide bonds. The maximum Gasteiger partial charge on any atom is 0.472 e. The fourth-order valence-corrected chi connectivity index (χ4v) is 10.2. The normalized spacial score (nSPS) is 13.5. The Morgan fingerprint density at radius 1 is 0.392 bits per heavy atom. The molecule has 79 heavy (non-hydrogen) atoms. The molecule has 0 aliphatic rings. The van der Waals surface area contributed by atoms with Gasteiger partial charge in [-0.1, -0.05) is 292 Å². The molecule has 0 aromatic heterocycles. The minimum atomic E-state index is -4.40. The highest BCUT2D eigenvalue weighted by atomic mass is 31.2. The third-order valence-corrected chi connectivity index (χ3v) is 15.2. The summed E-state index contributed by atoms with van der Waals surface area (Å²) in [5.41, 5.74) is 5.38. The van der Waals surface area contributed by atoms with Crippen LogP contribution in [0.5, 0.6) is 0 Å². The van der Waals surface area contributed by atoms with Crippen LogP contribution in [0.3, 0.4) is 0 Å². The summed E-state index contributed by atoms with van der Waals surface area (Å²) in [4.78, 5) is 35.2. The van der Waals surface area contributed by atoms with Gasteiger partial charge in [-0.3, -0.25) is 18.6 Å². The van der Waals surface area contributed by atoms with Crippen LogP contribution in [-0.4, -0.2) is 49.3 Å². The highest BCUT2D eigenvalue weighted by Gasteiger charge is 2.26. The van der Waals surface area contributed by atoms with Crippen LogP contribution in [0, 0.1) is 0 Å². The predicted molar refractivity (Wildman–Crippen MR) is 339 cm³/mol. The van der Waals surface area contributed by atoms with Crippen molar-refractivity contribution in [2.24, 2.45) is 5.73 Å². The summed E-state index contributed by atoms with van der Waals surface area (Å²) in [5, 5.41) is 0. The van der Waals surface area contributed by atoms with E-state index in [0.717, 1.165) is 77.0 Å². The first-order chi connectivity index (χ1) is 38.8. The van der Waals surface area contributed by atoms with Gasteiger partial charge in [0.2, 0.25) is 0 Å². The Morgan fingerprint density at radius 3 is 1.05 bits per heavy atom. The fourth-order valence-electron chi connectivity index (χ4n) is 9.40. The van der Waals surface area contributed by atoms with Gasteiger partial charge in [0, 0.05) is 19.4 Å². The van der Waals surface area contributed by atoms with E-state index >= 15 is 0 Å². The molecular formula is C69H124NO8P. The summed E-state index contributed by atoms with van der Waals surface area (Å²) in [6, 6.07) is 0. The van der Waals surface area contributed by atoms with Crippen molar-refractivity contribution in [1.29, 1.82) is 0 Å². The second-order valence-corrected chi connectivity index (χ2v) is 23.4. The Balaban J connectivity index is 3.80. The Labute approximate surface area is 487 Å². The zero-order chi connectivity index (χ0) is 57.3. The molecule has 0 rings (SSSR count). The number of esters is 2. The number of nitrogens with two attached hydrogens (primary N) is 1. The number of unbranched alkanes of at least 4 members (excludes halogenated alkanes) is 35. The number of rotatable bonds is 62. The first-order valence-corrected chi connectivity index (χ1v) is 34.6. The number of phosphoric acid groups is 1. The third kappa shape index (κ3) is 64.2. The lowest BCUT2D eigenvalue weighted by molar-refractivity contribution is -0.161. The van der Waals surface area contributed by atoms with Crippen LogP contribution in [0.1, 0.15) is 309 Å². The van der Waals surface area contributed by atoms with Crippen molar-refractivity contribution in [1.82, 2.24) is 0 Å². The molecule has 0 aliphatic heterocycles. The number of phosphoric ester groups is 1. The van der Waals surface area contributed by atoms with Crippen molar-refractivity contribution >= 4 is 19.8 Å². The molecule has 0 spiro atoms. The molecule has 2 atom stereocenters. The van der Waals surface area contributed by atoms with Gasteiger partial charge in [0.05, 0.1) is 13.2 Å². The monoisotopic (exact) mass is 1130 g/mol. The van der Waals surface area contributed by atoms with Gasteiger partial charge in [-0.05, 0) is 89.9 Å². The average Bonchev–Trinajstić information content (AvgIpc) is 3.44. The van der Waals surface area contributed by atoms with E-state index in [4.69, 9.17) is 24.3 Å². The van der Waals surface area contributed by atoms with Crippen molar-refractivity contribution in [3.63, 3.8) is 0 Å². The first-order valence-electron chi connectivity index (χ1n) is 33.1. The molecule has 0 fully saturated rings. The van der Waals surface area contributed by atoms with E-state index in [1.807, 2.05) is 0 Å². The molecular weight excluding hydrogens is 1000 g/mol. The smallest absolute Gasteiger partial charge is 0.462 e. The van der Waals surface area contributed by atoms with Crippen molar-refractivity contribution in [2.45, 2.75) is 315 Å². The van der Waals surface area contributed by atoms with E-state index in [9.17, 15) is 19.0 Å². The zero-order valence-corrected chi connectivity index (χ0v) is 52.2. The molecule has 0 aromatic rings. The van der Waals surface area contributed by atoms with Crippen molar-refractivity contribution in [3.05, 3.63) is 85.1 Å². The van der Waals surface area contributed by atoms with Gasteiger partial charge >= 0.3 is 19.8 Å². The summed E-state index contributed by atoms with van der Waals surface area (Å²) in [5.74, 6) is -0.858. The zero-order valence-electron chi connectivity index (χ0n) is 51.3. The Bertz CT molecular complexity index is 1570. The minimum absolute atomic E-state index is 0.0453. The summed E-state index contributed by atoms with van der Waals surface area (Å²) < 4.78 is 33.0. The van der Waals surface area contributed by atoms with Gasteiger partial charge in [-0.2, -0.15) is 0 Å². The molecule has 0 radical (unpaired) electrons. The Hall–Kier alpha value is -2.81. The molecule has 2 unspecified atom stereocenters. The average molecular weight is 1130 g/mol. The lowest BCUT2D eigenvalue weighted by Crippen LogP contribution is -2.29. The lowest BCUT2D eigenvalue weighted by Gasteiger charge is -2.19. The van der Waals surface area contributed by atoms with E-state index in [0.29, 0.717) is 6.42 Å². The molecule has 458 valence electrons. The van der Waals surface area contributed by atoms with Crippen LogP contribution in [0.2, 0.25) is 0 Å². The number of carbonyl (C=O) groups is 2. The van der Waals surface area contributed by atoms with Crippen LogP contribution in [0.25, 0.3) is 0 Å². The SMILES string of the molecule is CC/C=C\C/C=C\C/C=C\C/C=C\C/C=C\CCCCCC(=O)OC(COC(=O)CCCCCCCCCCCCCCCCCCCCCCCCCCCCC/C=C\C/C=C\CCCCCCC)COP(=O)(O)OCCN. The maximum atomic E-state index is 12.7. The van der Waals surface area contributed by atoms with Crippen LogP contribution in [0.15, 0.2) is 85.1 Å². The number of hydrogen-bond donors (Lipinski definition) is 2. The van der Waals surface area contributed by atoms with Crippen LogP contribution < -0.4 is 5.73 Å². The van der Waals surface area contributed by atoms with Crippen LogP contribution in [-0.2, 0) is 32.7 Å². The summed E-state index contributed by atoms with van der Waals surface area (Å²) in [6.45, 7) is 3.60. The summed E-state index contributed by atoms with van der Waals surface area (Å²) in [6.07, 6.45) is 85.5. The molecule has 0 aliphatic carbocycles. The molecule has 0 heterocycles. The number of hydrogen-bond acceptors (Lipinski definition) is 8. The number of carbonyl (C=O) groups excluding carboxylic acids is 2. The van der Waals surface area contributed by atoms with Gasteiger partial charge in [-0.25, -0.2) is 4.57 Å². The quantitative estimate of drug-likeness (QED) is 0.0264. The van der Waals surface area contributed by atoms with Crippen molar-refractivity contribution < 1.29 is 37.6 Å². The second-order valence-electron chi connectivity index (χ2n) is 22.0. The van der Waals surface area contributed by atoms with Gasteiger partial charge in [0.25, 0.3) is 0 Å². The lowest BCUT2D eigenvalue weighted by atomic mass is 10.0. The fraction of sp³-hybridized carbons (Fsp3) is 0.768. The van der Waals surface area contributed by atoms with Crippen LogP contribution in [0.4, 0.5) is 0 Å². The van der Waals surface area contributed by atoms with E-state index in [1.165, 1.54) is 199 Å². The van der Waals surface area contributed by atoms with E-state index < -0.39 is 26.5 Å². The topological polar surface area (TPSA) is 134 Å². The van der Waals surface area contributed by atoms with Gasteiger partial charge in [-0.15, -0.1) is 0 Å². The Kier molecular flexibility index (Phi) is 62.1. The van der Waals surface area contributed by atoms with Gasteiger partial charge < -0.3 is 20.1 Å². The van der Waals surface area contributed by atoms with E-state index in [-0.39, 0.29) is 38.6 Å². The van der Waals surface area contributed by atoms with Gasteiger partial charge in [0.1, 0.15) is 6.61 Å². The predicted octanol–water partition coefficient (Wildman–Crippen LogP) is 21.4. The summed E-state index contributed by atoms with van der Waals surface area (Å²) >= 11 is 0. The Morgan fingerprint density at radius 2 is 0.696 bits per heavy atom. The van der Waals surface area contributed by atoms with Crippen LogP contribution >= 0.6 is 7.82 Å². The third-order valence-electron chi connectivity index (χ3n) is 14.3. The molecule has 0 saturated carbocycles. The largest absolute Gasteiger partial charge is 0.472 e. The second kappa shape index (κ2) is 64.4. The van der Waals surface area contributed by atoms with Gasteiger partial charge in [0.15, 0.2) is 6.10 Å². The molecule has 9 nitrogen and oxygen atoms in total. The highest BCUT2D eigenvalue weighted by Crippen LogP contribution is 2.43.